The quantitative estimate of drug-likeness (QED) is 0.802. The number of nitrogens with one attached hydrogen (secondary N) is 1. The molecule has 0 spiro atoms. The molecule has 0 amide bonds. The Kier molecular flexibility index (Phi) is 4.91. The van der Waals surface area contributed by atoms with Gasteiger partial charge in [0.1, 0.15) is 12.4 Å². The van der Waals surface area contributed by atoms with Crippen molar-refractivity contribution >= 4 is 17.3 Å². The summed E-state index contributed by atoms with van der Waals surface area (Å²) >= 11 is 5.85. The first-order chi connectivity index (χ1) is 9.56. The molecule has 0 atom stereocenters. The predicted octanol–water partition coefficient (Wildman–Crippen LogP) is 4.76. The van der Waals surface area contributed by atoms with E-state index in [-0.39, 0.29) is 0 Å². The van der Waals surface area contributed by atoms with Crippen LogP contribution in [0.15, 0.2) is 36.4 Å². The van der Waals surface area contributed by atoms with Crippen LogP contribution in [-0.4, -0.2) is 13.2 Å². The maximum atomic E-state index is 5.86. The molecule has 106 valence electrons. The minimum atomic E-state index is 0.631. The molecule has 1 N–H and O–H groups in total. The van der Waals surface area contributed by atoms with Gasteiger partial charge in [-0.2, -0.15) is 0 Å². The van der Waals surface area contributed by atoms with E-state index >= 15 is 0 Å². The normalized spacial score (nSPS) is 10.4. The lowest BCUT2D eigenvalue weighted by molar-refractivity contribution is 0.330. The molecule has 2 aromatic rings. The van der Waals surface area contributed by atoms with Crippen LogP contribution in [0.4, 0.5) is 5.69 Å². The Hall–Kier alpha value is -1.67. The first-order valence-corrected chi connectivity index (χ1v) is 7.14. The molecule has 2 rings (SSSR count). The van der Waals surface area contributed by atoms with Crippen LogP contribution in [0, 0.1) is 20.8 Å². The average Bonchev–Trinajstić information content (AvgIpc) is 2.42. The molecule has 0 saturated carbocycles. The number of halogens is 1. The van der Waals surface area contributed by atoms with Gasteiger partial charge in [0.25, 0.3) is 0 Å². The number of anilines is 1. The van der Waals surface area contributed by atoms with Crippen molar-refractivity contribution in [2.24, 2.45) is 0 Å². The molecule has 0 saturated heterocycles. The molecule has 0 aliphatic carbocycles. The first kappa shape index (κ1) is 14.7. The van der Waals surface area contributed by atoms with E-state index in [9.17, 15) is 0 Å². The fraction of sp³-hybridized carbons (Fsp3) is 0.294. The number of benzene rings is 2. The molecule has 0 fully saturated rings. The molecule has 2 aromatic carbocycles. The third kappa shape index (κ3) is 3.91. The van der Waals surface area contributed by atoms with Gasteiger partial charge in [0.05, 0.1) is 0 Å². The Morgan fingerprint density at radius 1 is 1.05 bits per heavy atom. The molecule has 2 nitrogen and oxygen atoms in total. The van der Waals surface area contributed by atoms with Crippen LogP contribution in [0.1, 0.15) is 16.7 Å². The largest absolute Gasteiger partial charge is 0.491 e. The van der Waals surface area contributed by atoms with Gasteiger partial charge in [0, 0.05) is 17.3 Å². The summed E-state index contributed by atoms with van der Waals surface area (Å²) in [5.41, 5.74) is 4.76. The van der Waals surface area contributed by atoms with E-state index in [0.717, 1.165) is 23.0 Å². The van der Waals surface area contributed by atoms with Gasteiger partial charge in [0.2, 0.25) is 0 Å². The topological polar surface area (TPSA) is 21.3 Å². The van der Waals surface area contributed by atoms with E-state index in [1.165, 1.54) is 16.7 Å². The number of aryl methyl sites for hydroxylation is 2. The highest BCUT2D eigenvalue weighted by Gasteiger charge is 2.03. The van der Waals surface area contributed by atoms with Crippen molar-refractivity contribution in [2.45, 2.75) is 20.8 Å². The monoisotopic (exact) mass is 289 g/mol. The van der Waals surface area contributed by atoms with Crippen LogP contribution in [0.3, 0.4) is 0 Å². The van der Waals surface area contributed by atoms with Gasteiger partial charge in [0.15, 0.2) is 0 Å². The van der Waals surface area contributed by atoms with Crippen molar-refractivity contribution in [1.82, 2.24) is 0 Å². The van der Waals surface area contributed by atoms with Gasteiger partial charge < -0.3 is 10.1 Å². The van der Waals surface area contributed by atoms with E-state index in [4.69, 9.17) is 16.3 Å². The summed E-state index contributed by atoms with van der Waals surface area (Å²) in [7, 11) is 0. The molecule has 0 aromatic heterocycles. The highest BCUT2D eigenvalue weighted by Crippen LogP contribution is 2.23. The standard InChI is InChI=1S/C17H20ClNO/c1-12-10-13(2)14(3)17(11-12)20-9-8-19-16-6-4-15(18)5-7-16/h4-7,10-11,19H,8-9H2,1-3H3. The lowest BCUT2D eigenvalue weighted by atomic mass is 10.1. The van der Waals surface area contributed by atoms with Crippen LogP contribution >= 0.6 is 11.6 Å². The zero-order valence-corrected chi connectivity index (χ0v) is 12.9. The van der Waals surface area contributed by atoms with Gasteiger partial charge in [-0.25, -0.2) is 0 Å². The molecule has 3 heteroatoms. The molecular formula is C17H20ClNO. The molecule has 0 bridgehead atoms. The Bertz CT molecular complexity index is 578. The lowest BCUT2D eigenvalue weighted by Crippen LogP contribution is -2.12. The molecule has 20 heavy (non-hydrogen) atoms. The van der Waals surface area contributed by atoms with Gasteiger partial charge in [-0.1, -0.05) is 17.7 Å². The second-order valence-corrected chi connectivity index (χ2v) is 5.42. The number of rotatable bonds is 5. The van der Waals surface area contributed by atoms with E-state index in [1.807, 2.05) is 24.3 Å². The van der Waals surface area contributed by atoms with E-state index < -0.39 is 0 Å². The number of ether oxygens (including phenoxy) is 1. The smallest absolute Gasteiger partial charge is 0.122 e. The first-order valence-electron chi connectivity index (χ1n) is 6.76. The van der Waals surface area contributed by atoms with Crippen LogP contribution in [0.25, 0.3) is 0 Å². The molecule has 0 aliphatic heterocycles. The Morgan fingerprint density at radius 3 is 2.45 bits per heavy atom. The second-order valence-electron chi connectivity index (χ2n) is 4.99. The van der Waals surface area contributed by atoms with E-state index in [1.54, 1.807) is 0 Å². The molecule has 0 heterocycles. The molecular weight excluding hydrogens is 270 g/mol. The third-order valence-corrected chi connectivity index (χ3v) is 3.55. The SMILES string of the molecule is Cc1cc(C)c(C)c(OCCNc2ccc(Cl)cc2)c1. The summed E-state index contributed by atoms with van der Waals surface area (Å²) in [5.74, 6) is 0.973. The minimum Gasteiger partial charge on any atom is -0.491 e. The molecule has 0 radical (unpaired) electrons. The summed E-state index contributed by atoms with van der Waals surface area (Å²) in [4.78, 5) is 0. The van der Waals surface area contributed by atoms with Crippen LogP contribution in [0.5, 0.6) is 5.75 Å². The molecule has 0 unspecified atom stereocenters. The lowest BCUT2D eigenvalue weighted by Gasteiger charge is -2.13. The summed E-state index contributed by atoms with van der Waals surface area (Å²) in [6.45, 7) is 7.68. The summed E-state index contributed by atoms with van der Waals surface area (Å²) in [5, 5.41) is 4.05. The minimum absolute atomic E-state index is 0.631. The zero-order valence-electron chi connectivity index (χ0n) is 12.2. The number of hydrogen-bond donors (Lipinski definition) is 1. The summed E-state index contributed by atoms with van der Waals surface area (Å²) in [6.07, 6.45) is 0. The van der Waals surface area contributed by atoms with Gasteiger partial charge in [-0.3, -0.25) is 0 Å². The molecule has 0 aliphatic rings. The Labute approximate surface area is 125 Å². The van der Waals surface area contributed by atoms with E-state index in [0.29, 0.717) is 6.61 Å². The van der Waals surface area contributed by atoms with Gasteiger partial charge in [-0.05, 0) is 67.8 Å². The van der Waals surface area contributed by atoms with Gasteiger partial charge >= 0.3 is 0 Å². The van der Waals surface area contributed by atoms with Crippen LogP contribution in [-0.2, 0) is 0 Å². The maximum absolute atomic E-state index is 5.86. The fourth-order valence-electron chi connectivity index (χ4n) is 2.07. The third-order valence-electron chi connectivity index (χ3n) is 3.30. The average molecular weight is 290 g/mol. The van der Waals surface area contributed by atoms with Crippen molar-refractivity contribution in [3.8, 4) is 5.75 Å². The Balaban J connectivity index is 1.86. The van der Waals surface area contributed by atoms with Crippen molar-refractivity contribution in [3.05, 3.63) is 58.1 Å². The van der Waals surface area contributed by atoms with Crippen molar-refractivity contribution in [3.63, 3.8) is 0 Å². The maximum Gasteiger partial charge on any atom is 0.122 e. The van der Waals surface area contributed by atoms with Crippen molar-refractivity contribution < 1.29 is 4.74 Å². The number of hydrogen-bond acceptors (Lipinski definition) is 2. The van der Waals surface area contributed by atoms with Crippen LogP contribution < -0.4 is 10.1 Å². The highest BCUT2D eigenvalue weighted by molar-refractivity contribution is 6.30. The second kappa shape index (κ2) is 6.67. The van der Waals surface area contributed by atoms with Gasteiger partial charge in [-0.15, -0.1) is 0 Å². The summed E-state index contributed by atoms with van der Waals surface area (Å²) in [6, 6.07) is 11.9. The van der Waals surface area contributed by atoms with Crippen molar-refractivity contribution in [2.75, 3.05) is 18.5 Å². The predicted molar refractivity (Wildman–Crippen MR) is 86.1 cm³/mol. The highest BCUT2D eigenvalue weighted by atomic mass is 35.5. The Morgan fingerprint density at radius 2 is 1.75 bits per heavy atom. The van der Waals surface area contributed by atoms with Crippen molar-refractivity contribution in [1.29, 1.82) is 0 Å². The van der Waals surface area contributed by atoms with Crippen LogP contribution in [0.2, 0.25) is 5.02 Å². The zero-order chi connectivity index (χ0) is 14.5. The fourth-order valence-corrected chi connectivity index (χ4v) is 2.20. The van der Waals surface area contributed by atoms with E-state index in [2.05, 4.69) is 38.2 Å². The summed E-state index contributed by atoms with van der Waals surface area (Å²) < 4.78 is 5.86.